The van der Waals surface area contributed by atoms with E-state index in [0.29, 0.717) is 23.7 Å². The maximum Gasteiger partial charge on any atom is 0.221 e. The molecule has 0 spiro atoms. The number of nitrogens with one attached hydrogen (secondary N) is 2. The molecule has 1 aromatic carbocycles. The molecule has 0 bridgehead atoms. The largest absolute Gasteiger partial charge is 0.495 e. The highest BCUT2D eigenvalue weighted by Gasteiger charge is 2.04. The Morgan fingerprint density at radius 2 is 2.25 bits per heavy atom. The van der Waals surface area contributed by atoms with E-state index in [1.54, 1.807) is 32.4 Å². The van der Waals surface area contributed by atoms with Gasteiger partial charge in [0.2, 0.25) is 5.91 Å². The van der Waals surface area contributed by atoms with Crippen LogP contribution in [0.5, 0.6) is 5.75 Å². The quantitative estimate of drug-likeness (QED) is 0.829. The molecule has 0 aliphatic heterocycles. The number of carbonyl (C=O) groups excluding carboxylic acids is 1. The third-order valence-corrected chi connectivity index (χ3v) is 2.34. The lowest BCUT2D eigenvalue weighted by Gasteiger charge is -2.10. The van der Waals surface area contributed by atoms with Gasteiger partial charge in [-0.1, -0.05) is 11.6 Å². The Labute approximate surface area is 99.9 Å². The summed E-state index contributed by atoms with van der Waals surface area (Å²) in [6.45, 7) is 0.538. The first-order chi connectivity index (χ1) is 7.67. The van der Waals surface area contributed by atoms with Gasteiger partial charge in [-0.2, -0.15) is 0 Å². The number of carbonyl (C=O) groups is 1. The van der Waals surface area contributed by atoms with Gasteiger partial charge in [-0.05, 0) is 18.2 Å². The average Bonchev–Trinajstić information content (AvgIpc) is 2.29. The molecule has 1 rings (SSSR count). The van der Waals surface area contributed by atoms with Gasteiger partial charge in [0.1, 0.15) is 5.75 Å². The molecule has 0 atom stereocenters. The molecular weight excluding hydrogens is 228 g/mol. The molecule has 88 valence electrons. The Kier molecular flexibility index (Phi) is 4.92. The molecular formula is C11H15ClN2O2. The van der Waals surface area contributed by atoms with Crippen molar-refractivity contribution in [3.8, 4) is 5.75 Å². The van der Waals surface area contributed by atoms with Crippen LogP contribution in [-0.2, 0) is 4.79 Å². The number of hydrogen-bond acceptors (Lipinski definition) is 3. The molecule has 2 N–H and O–H groups in total. The summed E-state index contributed by atoms with van der Waals surface area (Å²) in [5.41, 5.74) is 0.791. The molecule has 1 aromatic rings. The van der Waals surface area contributed by atoms with Crippen LogP contribution in [0, 0.1) is 0 Å². The average molecular weight is 243 g/mol. The van der Waals surface area contributed by atoms with Crippen LogP contribution >= 0.6 is 11.6 Å². The van der Waals surface area contributed by atoms with E-state index in [1.165, 1.54) is 0 Å². The zero-order valence-electron chi connectivity index (χ0n) is 9.34. The second kappa shape index (κ2) is 6.23. The van der Waals surface area contributed by atoms with Crippen LogP contribution in [0.4, 0.5) is 5.69 Å². The smallest absolute Gasteiger partial charge is 0.221 e. The summed E-state index contributed by atoms with van der Waals surface area (Å²) in [5, 5.41) is 6.28. The monoisotopic (exact) mass is 242 g/mol. The molecule has 0 fully saturated rings. The van der Waals surface area contributed by atoms with Gasteiger partial charge in [0.05, 0.1) is 12.8 Å². The predicted molar refractivity (Wildman–Crippen MR) is 65.2 cm³/mol. The second-order valence-corrected chi connectivity index (χ2v) is 3.63. The van der Waals surface area contributed by atoms with Gasteiger partial charge in [0.15, 0.2) is 0 Å². The molecule has 1 amide bonds. The summed E-state index contributed by atoms with van der Waals surface area (Å²) in [7, 11) is 3.20. The number of rotatable bonds is 5. The lowest BCUT2D eigenvalue weighted by Crippen LogP contribution is -2.20. The lowest BCUT2D eigenvalue weighted by molar-refractivity contribution is -0.120. The molecule has 0 radical (unpaired) electrons. The number of methoxy groups -OCH3 is 1. The van der Waals surface area contributed by atoms with Crippen molar-refractivity contribution in [2.24, 2.45) is 0 Å². The lowest BCUT2D eigenvalue weighted by atomic mass is 10.3. The molecule has 0 saturated carbocycles. The Balaban J connectivity index is 2.58. The number of halogens is 1. The predicted octanol–water partition coefficient (Wildman–Crippen LogP) is 1.90. The maximum absolute atomic E-state index is 11.0. The van der Waals surface area contributed by atoms with E-state index in [4.69, 9.17) is 16.3 Å². The molecule has 0 aliphatic carbocycles. The highest BCUT2D eigenvalue weighted by atomic mass is 35.5. The van der Waals surface area contributed by atoms with Crippen LogP contribution in [0.2, 0.25) is 5.02 Å². The fraction of sp³-hybridized carbons (Fsp3) is 0.364. The van der Waals surface area contributed by atoms with Crippen LogP contribution in [0.15, 0.2) is 18.2 Å². The third-order valence-electron chi connectivity index (χ3n) is 2.11. The van der Waals surface area contributed by atoms with Crippen LogP contribution < -0.4 is 15.4 Å². The van der Waals surface area contributed by atoms with Gasteiger partial charge in [-0.15, -0.1) is 0 Å². The molecule has 4 nitrogen and oxygen atoms in total. The first kappa shape index (κ1) is 12.6. The first-order valence-corrected chi connectivity index (χ1v) is 5.33. The van der Waals surface area contributed by atoms with E-state index in [-0.39, 0.29) is 5.91 Å². The standard InChI is InChI=1S/C11H15ClN2O2/c1-13-11(15)5-6-14-9-7-8(12)3-4-10(9)16-2/h3-4,7,14H,5-6H2,1-2H3,(H,13,15). The van der Waals surface area contributed by atoms with E-state index in [2.05, 4.69) is 10.6 Å². The van der Waals surface area contributed by atoms with Crippen LogP contribution in [0.3, 0.4) is 0 Å². The van der Waals surface area contributed by atoms with Crippen LogP contribution in [-0.4, -0.2) is 26.6 Å². The van der Waals surface area contributed by atoms with Crippen molar-refractivity contribution in [1.29, 1.82) is 0 Å². The summed E-state index contributed by atoms with van der Waals surface area (Å²) >= 11 is 5.87. The van der Waals surface area contributed by atoms with Gasteiger partial charge in [0.25, 0.3) is 0 Å². The topological polar surface area (TPSA) is 50.4 Å². The summed E-state index contributed by atoms with van der Waals surface area (Å²) in [6.07, 6.45) is 0.409. The van der Waals surface area contributed by atoms with E-state index >= 15 is 0 Å². The molecule has 0 saturated heterocycles. The highest BCUT2D eigenvalue weighted by molar-refractivity contribution is 6.30. The van der Waals surface area contributed by atoms with Crippen molar-refractivity contribution in [3.63, 3.8) is 0 Å². The van der Waals surface area contributed by atoms with E-state index in [0.717, 1.165) is 5.69 Å². The van der Waals surface area contributed by atoms with Crippen molar-refractivity contribution in [2.75, 3.05) is 26.0 Å². The fourth-order valence-corrected chi connectivity index (χ4v) is 1.43. The van der Waals surface area contributed by atoms with Gasteiger partial charge in [-0.25, -0.2) is 0 Å². The molecule has 16 heavy (non-hydrogen) atoms. The number of ether oxygens (including phenoxy) is 1. The minimum atomic E-state index is -0.00602. The van der Waals surface area contributed by atoms with Crippen LogP contribution in [0.1, 0.15) is 6.42 Å². The Bertz CT molecular complexity index is 369. The van der Waals surface area contributed by atoms with Crippen molar-refractivity contribution in [2.45, 2.75) is 6.42 Å². The maximum atomic E-state index is 11.0. The van der Waals surface area contributed by atoms with E-state index in [1.807, 2.05) is 0 Å². The third kappa shape index (κ3) is 3.62. The first-order valence-electron chi connectivity index (χ1n) is 4.95. The van der Waals surface area contributed by atoms with E-state index in [9.17, 15) is 4.79 Å². The van der Waals surface area contributed by atoms with Crippen LogP contribution in [0.25, 0.3) is 0 Å². The minimum Gasteiger partial charge on any atom is -0.495 e. The zero-order valence-corrected chi connectivity index (χ0v) is 10.1. The minimum absolute atomic E-state index is 0.00602. The number of hydrogen-bond donors (Lipinski definition) is 2. The van der Waals surface area contributed by atoms with Gasteiger partial charge in [-0.3, -0.25) is 4.79 Å². The molecule has 0 heterocycles. The highest BCUT2D eigenvalue weighted by Crippen LogP contribution is 2.27. The van der Waals surface area contributed by atoms with Crippen molar-refractivity contribution in [1.82, 2.24) is 5.32 Å². The number of amides is 1. The number of anilines is 1. The molecule has 0 aliphatic rings. The van der Waals surface area contributed by atoms with E-state index < -0.39 is 0 Å². The van der Waals surface area contributed by atoms with Crippen molar-refractivity contribution >= 4 is 23.2 Å². The van der Waals surface area contributed by atoms with Crippen molar-refractivity contribution in [3.05, 3.63) is 23.2 Å². The summed E-state index contributed by atoms with van der Waals surface area (Å²) in [5.74, 6) is 0.704. The van der Waals surface area contributed by atoms with Crippen molar-refractivity contribution < 1.29 is 9.53 Å². The van der Waals surface area contributed by atoms with Gasteiger partial charge >= 0.3 is 0 Å². The Morgan fingerprint density at radius 1 is 1.50 bits per heavy atom. The summed E-state index contributed by atoms with van der Waals surface area (Å²) in [4.78, 5) is 11.0. The Hall–Kier alpha value is -1.42. The number of benzene rings is 1. The normalized spacial score (nSPS) is 9.69. The zero-order chi connectivity index (χ0) is 12.0. The summed E-state index contributed by atoms with van der Waals surface area (Å²) in [6, 6.07) is 5.30. The van der Waals surface area contributed by atoms with Gasteiger partial charge < -0.3 is 15.4 Å². The second-order valence-electron chi connectivity index (χ2n) is 3.19. The summed E-state index contributed by atoms with van der Waals surface area (Å²) < 4.78 is 5.16. The van der Waals surface area contributed by atoms with Gasteiger partial charge in [0, 0.05) is 25.0 Å². The fourth-order valence-electron chi connectivity index (χ4n) is 1.25. The molecule has 5 heteroatoms. The SMILES string of the molecule is CNC(=O)CCNc1cc(Cl)ccc1OC. The molecule has 0 aromatic heterocycles. The molecule has 0 unspecified atom stereocenters. The Morgan fingerprint density at radius 3 is 2.88 bits per heavy atom.